The van der Waals surface area contributed by atoms with Gasteiger partial charge in [0, 0.05) is 37.8 Å². The molecule has 0 bridgehead atoms. The number of hydrogen-bond donors (Lipinski definition) is 2. The zero-order chi connectivity index (χ0) is 24.0. The standard InChI is InChI=1S/C26H28ClN3O3S/c27-24-12-11-22(17-25(24)34(32,33)28-18-20-7-3-1-4-8-20)26(31)29-23-13-15-30(16-14-23)19-21-9-5-2-6-10-21/h1-12,17,23,28H,13-16,18-19H2,(H,29,31). The molecule has 1 aliphatic heterocycles. The molecule has 3 aromatic carbocycles. The average Bonchev–Trinajstić information content (AvgIpc) is 2.85. The third-order valence-electron chi connectivity index (χ3n) is 5.96. The lowest BCUT2D eigenvalue weighted by molar-refractivity contribution is 0.0908. The molecule has 1 aliphatic rings. The van der Waals surface area contributed by atoms with Gasteiger partial charge in [0.15, 0.2) is 0 Å². The molecule has 2 N–H and O–H groups in total. The Kier molecular flexibility index (Phi) is 8.00. The highest BCUT2D eigenvalue weighted by atomic mass is 35.5. The molecule has 34 heavy (non-hydrogen) atoms. The molecule has 4 rings (SSSR count). The maximum Gasteiger partial charge on any atom is 0.251 e. The molecule has 0 aliphatic carbocycles. The van der Waals surface area contributed by atoms with Gasteiger partial charge in [0.2, 0.25) is 10.0 Å². The van der Waals surface area contributed by atoms with Gasteiger partial charge in [0.05, 0.1) is 5.02 Å². The van der Waals surface area contributed by atoms with Crippen molar-refractivity contribution in [2.24, 2.45) is 0 Å². The maximum absolute atomic E-state index is 12.9. The molecular weight excluding hydrogens is 470 g/mol. The van der Waals surface area contributed by atoms with Crippen LogP contribution in [-0.2, 0) is 23.1 Å². The number of sulfonamides is 1. The largest absolute Gasteiger partial charge is 0.349 e. The topological polar surface area (TPSA) is 78.5 Å². The molecule has 1 fully saturated rings. The Hall–Kier alpha value is -2.71. The van der Waals surface area contributed by atoms with E-state index >= 15 is 0 Å². The van der Waals surface area contributed by atoms with Crippen LogP contribution >= 0.6 is 11.6 Å². The van der Waals surface area contributed by atoms with Crippen molar-refractivity contribution in [3.63, 3.8) is 0 Å². The summed E-state index contributed by atoms with van der Waals surface area (Å²) in [7, 11) is -3.88. The van der Waals surface area contributed by atoms with Crippen molar-refractivity contribution in [2.75, 3.05) is 13.1 Å². The highest BCUT2D eigenvalue weighted by molar-refractivity contribution is 7.89. The van der Waals surface area contributed by atoms with Crippen LogP contribution in [-0.4, -0.2) is 38.4 Å². The first kappa shape index (κ1) is 24.4. The summed E-state index contributed by atoms with van der Waals surface area (Å²) in [6.07, 6.45) is 1.69. The predicted molar refractivity (Wildman–Crippen MR) is 134 cm³/mol. The first-order valence-electron chi connectivity index (χ1n) is 11.3. The van der Waals surface area contributed by atoms with Gasteiger partial charge in [0.1, 0.15) is 4.90 Å². The lowest BCUT2D eigenvalue weighted by Gasteiger charge is -2.32. The van der Waals surface area contributed by atoms with Crippen LogP contribution in [0.1, 0.15) is 34.3 Å². The monoisotopic (exact) mass is 497 g/mol. The van der Waals surface area contributed by atoms with E-state index in [1.807, 2.05) is 48.5 Å². The van der Waals surface area contributed by atoms with Crippen molar-refractivity contribution in [3.05, 3.63) is 101 Å². The van der Waals surface area contributed by atoms with Gasteiger partial charge in [-0.05, 0) is 42.2 Å². The smallest absolute Gasteiger partial charge is 0.251 e. The van der Waals surface area contributed by atoms with E-state index in [0.717, 1.165) is 38.0 Å². The van der Waals surface area contributed by atoms with E-state index in [-0.39, 0.29) is 34.0 Å². The molecule has 0 unspecified atom stereocenters. The van der Waals surface area contributed by atoms with Gasteiger partial charge in [0.25, 0.3) is 5.91 Å². The third kappa shape index (κ3) is 6.45. The Labute approximate surface area is 206 Å². The van der Waals surface area contributed by atoms with Crippen molar-refractivity contribution < 1.29 is 13.2 Å². The van der Waals surface area contributed by atoms with Crippen molar-refractivity contribution in [1.29, 1.82) is 0 Å². The zero-order valence-corrected chi connectivity index (χ0v) is 20.4. The average molecular weight is 498 g/mol. The van der Waals surface area contributed by atoms with Crippen LogP contribution in [0.2, 0.25) is 5.02 Å². The van der Waals surface area contributed by atoms with Crippen LogP contribution in [0.15, 0.2) is 83.8 Å². The van der Waals surface area contributed by atoms with Crippen molar-refractivity contribution in [3.8, 4) is 0 Å². The zero-order valence-electron chi connectivity index (χ0n) is 18.8. The van der Waals surface area contributed by atoms with E-state index in [2.05, 4.69) is 27.1 Å². The van der Waals surface area contributed by atoms with Crippen molar-refractivity contribution in [2.45, 2.75) is 36.9 Å². The fourth-order valence-electron chi connectivity index (χ4n) is 4.05. The maximum atomic E-state index is 12.9. The highest BCUT2D eigenvalue weighted by Gasteiger charge is 2.23. The predicted octanol–water partition coefficient (Wildman–Crippen LogP) is 4.21. The Morgan fingerprint density at radius 2 is 1.53 bits per heavy atom. The van der Waals surface area contributed by atoms with Crippen LogP contribution in [0.5, 0.6) is 0 Å². The van der Waals surface area contributed by atoms with E-state index < -0.39 is 10.0 Å². The van der Waals surface area contributed by atoms with E-state index in [0.29, 0.717) is 0 Å². The minimum absolute atomic E-state index is 0.0477. The number of carbonyl (C=O) groups excluding carboxylic acids is 1. The summed E-state index contributed by atoms with van der Waals surface area (Å²) in [5, 5.41) is 3.13. The van der Waals surface area contributed by atoms with Crippen LogP contribution in [0.3, 0.4) is 0 Å². The molecule has 1 saturated heterocycles. The van der Waals surface area contributed by atoms with Crippen LogP contribution in [0.4, 0.5) is 0 Å². The minimum atomic E-state index is -3.88. The molecule has 0 atom stereocenters. The summed E-state index contributed by atoms with van der Waals surface area (Å²) in [6, 6.07) is 23.9. The Bertz CT molecular complexity index is 1210. The lowest BCUT2D eigenvalue weighted by Crippen LogP contribution is -2.44. The molecule has 3 aromatic rings. The van der Waals surface area contributed by atoms with E-state index in [1.54, 1.807) is 6.07 Å². The van der Waals surface area contributed by atoms with Crippen molar-refractivity contribution >= 4 is 27.5 Å². The van der Waals surface area contributed by atoms with Gasteiger partial charge >= 0.3 is 0 Å². The summed E-state index contributed by atoms with van der Waals surface area (Å²) in [5.74, 6) is -0.294. The number of halogens is 1. The molecule has 0 aromatic heterocycles. The SMILES string of the molecule is O=C(NC1CCN(Cc2ccccc2)CC1)c1ccc(Cl)c(S(=O)(=O)NCc2ccccc2)c1. The molecule has 8 heteroatoms. The number of piperidine rings is 1. The molecule has 178 valence electrons. The van der Waals surface area contributed by atoms with Gasteiger partial charge in [-0.1, -0.05) is 72.3 Å². The number of nitrogens with zero attached hydrogens (tertiary/aromatic N) is 1. The molecule has 0 saturated carbocycles. The first-order valence-corrected chi connectivity index (χ1v) is 13.2. The number of likely N-dealkylation sites (tertiary alicyclic amines) is 1. The van der Waals surface area contributed by atoms with Gasteiger partial charge in [-0.25, -0.2) is 13.1 Å². The third-order valence-corrected chi connectivity index (χ3v) is 7.85. The number of rotatable bonds is 8. The second-order valence-corrected chi connectivity index (χ2v) is 10.6. The second-order valence-electron chi connectivity index (χ2n) is 8.46. The Balaban J connectivity index is 1.35. The molecule has 0 spiro atoms. The summed E-state index contributed by atoms with van der Waals surface area (Å²) < 4.78 is 28.2. The number of benzene rings is 3. The molecular formula is C26H28ClN3O3S. The highest BCUT2D eigenvalue weighted by Crippen LogP contribution is 2.23. The lowest BCUT2D eigenvalue weighted by atomic mass is 10.0. The second kappa shape index (κ2) is 11.1. The first-order chi connectivity index (χ1) is 16.4. The normalized spacial score (nSPS) is 15.2. The summed E-state index contributed by atoms with van der Waals surface area (Å²) in [6.45, 7) is 2.82. The summed E-state index contributed by atoms with van der Waals surface area (Å²) >= 11 is 6.19. The van der Waals surface area contributed by atoms with Gasteiger partial charge in [-0.15, -0.1) is 0 Å². The molecule has 6 nitrogen and oxygen atoms in total. The van der Waals surface area contributed by atoms with Crippen LogP contribution in [0.25, 0.3) is 0 Å². The fourth-order valence-corrected chi connectivity index (χ4v) is 5.59. The van der Waals surface area contributed by atoms with Gasteiger partial charge in [-0.3, -0.25) is 9.69 Å². The number of hydrogen-bond acceptors (Lipinski definition) is 4. The number of nitrogens with one attached hydrogen (secondary N) is 2. The molecule has 1 amide bonds. The van der Waals surface area contributed by atoms with E-state index in [9.17, 15) is 13.2 Å². The number of carbonyl (C=O) groups is 1. The quantitative estimate of drug-likeness (QED) is 0.488. The van der Waals surface area contributed by atoms with Crippen LogP contribution in [0, 0.1) is 0 Å². The summed E-state index contributed by atoms with van der Waals surface area (Å²) in [5.41, 5.74) is 2.38. The van der Waals surface area contributed by atoms with Crippen molar-refractivity contribution in [1.82, 2.24) is 14.9 Å². The van der Waals surface area contributed by atoms with E-state index in [1.165, 1.54) is 17.7 Å². The fraction of sp³-hybridized carbons (Fsp3) is 0.269. The van der Waals surface area contributed by atoms with Crippen LogP contribution < -0.4 is 10.0 Å². The molecule has 1 heterocycles. The summed E-state index contributed by atoms with van der Waals surface area (Å²) in [4.78, 5) is 15.1. The van der Waals surface area contributed by atoms with E-state index in [4.69, 9.17) is 11.6 Å². The van der Waals surface area contributed by atoms with Gasteiger partial charge in [-0.2, -0.15) is 0 Å². The Morgan fingerprint density at radius 3 is 2.18 bits per heavy atom. The molecule has 0 radical (unpaired) electrons. The number of amides is 1. The Morgan fingerprint density at radius 1 is 0.912 bits per heavy atom. The van der Waals surface area contributed by atoms with Gasteiger partial charge < -0.3 is 5.32 Å². The minimum Gasteiger partial charge on any atom is -0.349 e.